The Morgan fingerprint density at radius 1 is 1.09 bits per heavy atom. The summed E-state index contributed by atoms with van der Waals surface area (Å²) in [7, 11) is 0. The highest BCUT2D eigenvalue weighted by molar-refractivity contribution is 6.00. The van der Waals surface area contributed by atoms with Crippen LogP contribution in [0.5, 0.6) is 0 Å². The zero-order valence-electron chi connectivity index (χ0n) is 12.3. The first-order valence-corrected chi connectivity index (χ1v) is 7.08. The first-order chi connectivity index (χ1) is 10.9. The van der Waals surface area contributed by atoms with Crippen LogP contribution in [0, 0.1) is 6.92 Å². The normalized spacial score (nSPS) is 15.0. The third-order valence-electron chi connectivity index (χ3n) is 3.91. The van der Waals surface area contributed by atoms with Gasteiger partial charge in [0.2, 0.25) is 0 Å². The van der Waals surface area contributed by atoms with Gasteiger partial charge in [0.15, 0.2) is 0 Å². The number of ether oxygens (including phenoxy) is 1. The summed E-state index contributed by atoms with van der Waals surface area (Å²) in [6.45, 7) is 1.94. The fourth-order valence-electron chi connectivity index (χ4n) is 2.42. The van der Waals surface area contributed by atoms with Crippen molar-refractivity contribution in [3.05, 3.63) is 68.0 Å². The number of carbonyl (C=O) groups is 2. The van der Waals surface area contributed by atoms with Crippen LogP contribution in [0.3, 0.4) is 0 Å². The number of aromatic nitrogens is 2. The minimum absolute atomic E-state index is 0.355. The van der Waals surface area contributed by atoms with Gasteiger partial charge in [0.05, 0.1) is 5.41 Å². The van der Waals surface area contributed by atoms with Gasteiger partial charge in [-0.3, -0.25) is 14.6 Å². The molecule has 1 heterocycles. The third-order valence-corrected chi connectivity index (χ3v) is 3.91. The van der Waals surface area contributed by atoms with Gasteiger partial charge in [-0.25, -0.2) is 9.59 Å². The molecule has 1 aliphatic carbocycles. The van der Waals surface area contributed by atoms with Gasteiger partial charge in [-0.05, 0) is 25.3 Å². The first kappa shape index (κ1) is 15.0. The average Bonchev–Trinajstić information content (AvgIpc) is 3.28. The Hall–Kier alpha value is -2.96. The van der Waals surface area contributed by atoms with Crippen molar-refractivity contribution in [2.45, 2.75) is 25.2 Å². The summed E-state index contributed by atoms with van der Waals surface area (Å²) in [6, 6.07) is 8.33. The molecule has 0 spiro atoms. The van der Waals surface area contributed by atoms with E-state index in [9.17, 15) is 19.2 Å². The molecule has 0 saturated heterocycles. The molecule has 1 saturated carbocycles. The van der Waals surface area contributed by atoms with Crippen molar-refractivity contribution in [3.63, 3.8) is 0 Å². The predicted octanol–water partition coefficient (Wildman–Crippen LogP) is 0.787. The smallest absolute Gasteiger partial charge is 0.362 e. The van der Waals surface area contributed by atoms with Gasteiger partial charge in [-0.2, -0.15) is 0 Å². The summed E-state index contributed by atoms with van der Waals surface area (Å²) in [5.41, 5.74) is -0.892. The molecule has 2 aromatic rings. The van der Waals surface area contributed by atoms with E-state index in [1.165, 1.54) is 0 Å². The van der Waals surface area contributed by atoms with Gasteiger partial charge < -0.3 is 9.72 Å². The van der Waals surface area contributed by atoms with Crippen LogP contribution in [-0.2, 0) is 14.9 Å². The Balaban J connectivity index is 1.81. The maximum absolute atomic E-state index is 12.3. The lowest BCUT2D eigenvalue weighted by Crippen LogP contribution is -2.29. The van der Waals surface area contributed by atoms with Gasteiger partial charge >= 0.3 is 17.6 Å². The SMILES string of the molecule is Cc1ccc(C2(C(=O)OC(=O)c3cc(=O)[nH]c(=O)[nH]3)CC2)cc1. The van der Waals surface area contributed by atoms with Gasteiger partial charge in [-0.1, -0.05) is 29.8 Å². The zero-order valence-corrected chi connectivity index (χ0v) is 12.3. The molecule has 0 amide bonds. The number of carbonyl (C=O) groups excluding carboxylic acids is 2. The molecular weight excluding hydrogens is 300 g/mol. The maximum atomic E-state index is 12.3. The van der Waals surface area contributed by atoms with Crippen LogP contribution >= 0.6 is 0 Å². The second-order valence-corrected chi connectivity index (χ2v) is 5.63. The molecule has 0 aliphatic heterocycles. The van der Waals surface area contributed by atoms with E-state index in [0.717, 1.165) is 17.2 Å². The van der Waals surface area contributed by atoms with Crippen molar-refractivity contribution in [2.24, 2.45) is 0 Å². The average molecular weight is 314 g/mol. The number of aromatic amines is 2. The molecule has 23 heavy (non-hydrogen) atoms. The lowest BCUT2D eigenvalue weighted by Gasteiger charge is -2.14. The fraction of sp³-hybridized carbons (Fsp3) is 0.250. The molecule has 7 heteroatoms. The monoisotopic (exact) mass is 314 g/mol. The summed E-state index contributed by atoms with van der Waals surface area (Å²) in [6.07, 6.45) is 1.18. The maximum Gasteiger partial charge on any atom is 0.362 e. The van der Waals surface area contributed by atoms with Crippen LogP contribution in [0.25, 0.3) is 0 Å². The number of rotatable bonds is 3. The summed E-state index contributed by atoms with van der Waals surface area (Å²) in [4.78, 5) is 50.7. The highest BCUT2D eigenvalue weighted by Gasteiger charge is 2.53. The molecule has 1 aliphatic rings. The number of hydrogen-bond donors (Lipinski definition) is 2. The van der Waals surface area contributed by atoms with E-state index in [0.29, 0.717) is 12.8 Å². The molecule has 0 unspecified atom stereocenters. The molecule has 1 aromatic carbocycles. The van der Waals surface area contributed by atoms with Crippen molar-refractivity contribution in [1.82, 2.24) is 9.97 Å². The van der Waals surface area contributed by atoms with E-state index in [4.69, 9.17) is 4.74 Å². The van der Waals surface area contributed by atoms with E-state index >= 15 is 0 Å². The lowest BCUT2D eigenvalue weighted by atomic mass is 9.95. The predicted molar refractivity (Wildman–Crippen MR) is 80.2 cm³/mol. The Kier molecular flexibility index (Phi) is 3.48. The topological polar surface area (TPSA) is 109 Å². The minimum Gasteiger partial charge on any atom is -0.388 e. The second-order valence-electron chi connectivity index (χ2n) is 5.63. The van der Waals surface area contributed by atoms with Crippen molar-refractivity contribution >= 4 is 11.9 Å². The first-order valence-electron chi connectivity index (χ1n) is 7.08. The van der Waals surface area contributed by atoms with Crippen LogP contribution in [0.15, 0.2) is 39.9 Å². The van der Waals surface area contributed by atoms with Crippen molar-refractivity contribution in [2.75, 3.05) is 0 Å². The molecule has 7 nitrogen and oxygen atoms in total. The van der Waals surface area contributed by atoms with E-state index in [2.05, 4.69) is 4.98 Å². The summed E-state index contributed by atoms with van der Waals surface area (Å²) < 4.78 is 4.86. The van der Waals surface area contributed by atoms with E-state index in [1.807, 2.05) is 36.2 Å². The molecule has 2 N–H and O–H groups in total. The molecular formula is C16H14N2O5. The number of H-pyrrole nitrogens is 2. The highest BCUT2D eigenvalue weighted by Crippen LogP contribution is 2.49. The highest BCUT2D eigenvalue weighted by atomic mass is 16.6. The largest absolute Gasteiger partial charge is 0.388 e. The van der Waals surface area contributed by atoms with Crippen LogP contribution in [0.1, 0.15) is 34.5 Å². The molecule has 0 bridgehead atoms. The summed E-state index contributed by atoms with van der Waals surface area (Å²) in [5.74, 6) is -1.72. The van der Waals surface area contributed by atoms with Gasteiger partial charge in [0.25, 0.3) is 5.56 Å². The van der Waals surface area contributed by atoms with Gasteiger partial charge in [0, 0.05) is 6.07 Å². The van der Waals surface area contributed by atoms with Crippen molar-refractivity contribution < 1.29 is 14.3 Å². The molecule has 0 radical (unpaired) electrons. The van der Waals surface area contributed by atoms with Crippen LogP contribution in [-0.4, -0.2) is 21.9 Å². The van der Waals surface area contributed by atoms with Gasteiger partial charge in [0.1, 0.15) is 5.69 Å². The third kappa shape index (κ3) is 2.85. The van der Waals surface area contributed by atoms with Crippen LogP contribution in [0.2, 0.25) is 0 Å². The van der Waals surface area contributed by atoms with E-state index < -0.39 is 28.6 Å². The standard InChI is InChI=1S/C16H14N2O5/c1-9-2-4-10(5-3-9)16(6-7-16)14(21)23-13(20)11-8-12(19)18-15(22)17-11/h2-5,8H,6-7H2,1H3,(H2,17,18,19,22). The van der Waals surface area contributed by atoms with Crippen molar-refractivity contribution in [3.8, 4) is 0 Å². The zero-order chi connectivity index (χ0) is 16.6. The molecule has 1 aromatic heterocycles. The Bertz CT molecular complexity index is 859. The van der Waals surface area contributed by atoms with Crippen LogP contribution in [0.4, 0.5) is 0 Å². The Morgan fingerprint density at radius 2 is 1.74 bits per heavy atom. The molecule has 1 fully saturated rings. The number of hydrogen-bond acceptors (Lipinski definition) is 5. The molecule has 3 rings (SSSR count). The minimum atomic E-state index is -1.04. The Labute approximate surface area is 130 Å². The molecule has 0 atom stereocenters. The van der Waals surface area contributed by atoms with Crippen LogP contribution < -0.4 is 11.2 Å². The summed E-state index contributed by atoms with van der Waals surface area (Å²) >= 11 is 0. The van der Waals surface area contributed by atoms with Gasteiger partial charge in [-0.15, -0.1) is 0 Å². The quantitative estimate of drug-likeness (QED) is 0.643. The number of aryl methyl sites for hydroxylation is 1. The second kappa shape index (κ2) is 5.35. The fourth-order valence-corrected chi connectivity index (χ4v) is 2.42. The molecule has 118 valence electrons. The number of nitrogens with one attached hydrogen (secondary N) is 2. The van der Waals surface area contributed by atoms with E-state index in [-0.39, 0.29) is 5.69 Å². The van der Waals surface area contributed by atoms with E-state index in [1.54, 1.807) is 0 Å². The Morgan fingerprint density at radius 3 is 2.30 bits per heavy atom. The van der Waals surface area contributed by atoms with Crippen molar-refractivity contribution in [1.29, 1.82) is 0 Å². The number of benzene rings is 1. The summed E-state index contributed by atoms with van der Waals surface area (Å²) in [5, 5.41) is 0. The number of esters is 2. The lowest BCUT2D eigenvalue weighted by molar-refractivity contribution is -0.141.